The van der Waals surface area contributed by atoms with E-state index in [1.165, 1.54) is 12.1 Å². The molecule has 23 heavy (non-hydrogen) atoms. The molecule has 0 unspecified atom stereocenters. The maximum atomic E-state index is 13.6. The number of rotatable bonds is 1. The molecule has 1 aliphatic rings. The first-order valence-electron chi connectivity index (χ1n) is 7.48. The van der Waals surface area contributed by atoms with Crippen LogP contribution >= 0.6 is 23.1 Å². The van der Waals surface area contributed by atoms with Crippen LogP contribution in [-0.4, -0.2) is 6.26 Å². The van der Waals surface area contributed by atoms with E-state index in [4.69, 9.17) is 4.74 Å². The molecule has 2 aromatic carbocycles. The number of ether oxygens (including phenoxy) is 1. The first-order valence-corrected chi connectivity index (χ1v) is 9.65. The Morgan fingerprint density at radius 3 is 2.13 bits per heavy atom. The van der Waals surface area contributed by atoms with Crippen molar-refractivity contribution in [1.29, 1.82) is 0 Å². The van der Waals surface area contributed by atoms with Crippen LogP contribution in [0.4, 0.5) is 4.39 Å². The van der Waals surface area contributed by atoms with Crippen LogP contribution in [0.3, 0.4) is 0 Å². The van der Waals surface area contributed by atoms with Gasteiger partial charge >= 0.3 is 0 Å². The van der Waals surface area contributed by atoms with Gasteiger partial charge in [-0.25, -0.2) is 4.39 Å². The Balaban J connectivity index is 0.000000753. The zero-order chi connectivity index (χ0) is 16.4. The van der Waals surface area contributed by atoms with E-state index in [-0.39, 0.29) is 5.82 Å². The number of benzene rings is 2. The maximum Gasteiger partial charge on any atom is 0.138 e. The molecular formula is C19H17FOS2. The largest absolute Gasteiger partial charge is 0.456 e. The third-order valence-corrected chi connectivity index (χ3v) is 5.06. The SMILES string of the molecule is CC.CSc1ccc2c(c1)Oc1cc(F)ccc1-c1cscc1-2. The molecule has 0 saturated heterocycles. The fraction of sp³-hybridized carbons (Fsp3) is 0.158. The lowest BCUT2D eigenvalue weighted by Gasteiger charge is -2.10. The summed E-state index contributed by atoms with van der Waals surface area (Å²) in [5.41, 5.74) is 4.24. The van der Waals surface area contributed by atoms with Gasteiger partial charge in [-0.3, -0.25) is 0 Å². The van der Waals surface area contributed by atoms with Crippen LogP contribution < -0.4 is 4.74 Å². The molecule has 1 nitrogen and oxygen atoms in total. The van der Waals surface area contributed by atoms with Gasteiger partial charge in [0.25, 0.3) is 0 Å². The highest BCUT2D eigenvalue weighted by molar-refractivity contribution is 7.98. The third kappa shape index (κ3) is 2.89. The van der Waals surface area contributed by atoms with Gasteiger partial charge in [-0.05, 0) is 47.3 Å². The average Bonchev–Trinajstić information content (AvgIpc) is 3.01. The van der Waals surface area contributed by atoms with Gasteiger partial charge in [0.15, 0.2) is 0 Å². The highest BCUT2D eigenvalue weighted by Crippen LogP contribution is 2.48. The minimum atomic E-state index is -0.282. The molecule has 0 amide bonds. The smallest absolute Gasteiger partial charge is 0.138 e. The molecule has 2 heterocycles. The van der Waals surface area contributed by atoms with E-state index in [0.29, 0.717) is 5.75 Å². The van der Waals surface area contributed by atoms with Crippen molar-refractivity contribution in [2.75, 3.05) is 6.26 Å². The monoisotopic (exact) mass is 344 g/mol. The Labute approximate surface area is 144 Å². The zero-order valence-corrected chi connectivity index (χ0v) is 14.9. The van der Waals surface area contributed by atoms with Crippen LogP contribution in [0, 0.1) is 5.82 Å². The Morgan fingerprint density at radius 2 is 1.48 bits per heavy atom. The summed E-state index contributed by atoms with van der Waals surface area (Å²) in [5.74, 6) is 1.08. The lowest BCUT2D eigenvalue weighted by Crippen LogP contribution is -1.88. The molecule has 0 saturated carbocycles. The number of thiophene rings is 1. The molecule has 0 atom stereocenters. The van der Waals surface area contributed by atoms with Gasteiger partial charge < -0.3 is 4.74 Å². The summed E-state index contributed by atoms with van der Waals surface area (Å²) < 4.78 is 19.6. The predicted molar refractivity (Wildman–Crippen MR) is 98.4 cm³/mol. The van der Waals surface area contributed by atoms with E-state index in [2.05, 4.69) is 22.9 Å². The average molecular weight is 344 g/mol. The van der Waals surface area contributed by atoms with Crippen LogP contribution in [0.5, 0.6) is 11.5 Å². The molecule has 1 aromatic heterocycles. The molecule has 3 aromatic rings. The van der Waals surface area contributed by atoms with Crippen molar-refractivity contribution in [3.63, 3.8) is 0 Å². The summed E-state index contributed by atoms with van der Waals surface area (Å²) in [6.07, 6.45) is 2.03. The van der Waals surface area contributed by atoms with Crippen LogP contribution in [0.25, 0.3) is 22.3 Å². The van der Waals surface area contributed by atoms with Gasteiger partial charge in [-0.1, -0.05) is 13.8 Å². The number of fused-ring (bicyclic) bond motifs is 5. The third-order valence-electron chi connectivity index (χ3n) is 3.59. The number of hydrogen-bond acceptors (Lipinski definition) is 3. The Hall–Kier alpha value is -1.78. The zero-order valence-electron chi connectivity index (χ0n) is 13.2. The van der Waals surface area contributed by atoms with Crippen molar-refractivity contribution in [2.45, 2.75) is 18.7 Å². The molecule has 0 fully saturated rings. The first-order chi connectivity index (χ1) is 11.3. The van der Waals surface area contributed by atoms with Crippen molar-refractivity contribution in [2.24, 2.45) is 0 Å². The van der Waals surface area contributed by atoms with Crippen molar-refractivity contribution in [1.82, 2.24) is 0 Å². The lowest BCUT2D eigenvalue weighted by molar-refractivity contribution is 0.480. The molecule has 0 N–H and O–H groups in total. The molecule has 118 valence electrons. The summed E-state index contributed by atoms with van der Waals surface area (Å²) in [6.45, 7) is 4.00. The minimum absolute atomic E-state index is 0.282. The predicted octanol–water partition coefficient (Wildman–Crippen LogP) is 7.08. The van der Waals surface area contributed by atoms with Crippen LogP contribution in [0.2, 0.25) is 0 Å². The van der Waals surface area contributed by atoms with Gasteiger partial charge in [0, 0.05) is 33.2 Å². The van der Waals surface area contributed by atoms with Crippen LogP contribution in [-0.2, 0) is 0 Å². The topological polar surface area (TPSA) is 9.23 Å². The van der Waals surface area contributed by atoms with Crippen molar-refractivity contribution in [3.05, 3.63) is 53.0 Å². The lowest BCUT2D eigenvalue weighted by atomic mass is 9.99. The fourth-order valence-corrected chi connectivity index (χ4v) is 3.85. The summed E-state index contributed by atoms with van der Waals surface area (Å²) in [6, 6.07) is 10.9. The first kappa shape index (κ1) is 16.1. The van der Waals surface area contributed by atoms with Gasteiger partial charge in [0.2, 0.25) is 0 Å². The summed E-state index contributed by atoms with van der Waals surface area (Å²) >= 11 is 3.32. The molecule has 0 spiro atoms. The molecule has 4 heteroatoms. The van der Waals surface area contributed by atoms with Crippen molar-refractivity contribution >= 4 is 23.1 Å². The molecule has 4 rings (SSSR count). The Bertz CT molecular complexity index is 839. The van der Waals surface area contributed by atoms with Crippen molar-refractivity contribution < 1.29 is 9.13 Å². The second-order valence-electron chi connectivity index (χ2n) is 4.80. The van der Waals surface area contributed by atoms with E-state index in [9.17, 15) is 4.39 Å². The van der Waals surface area contributed by atoms with Gasteiger partial charge in [-0.2, -0.15) is 11.3 Å². The second kappa shape index (κ2) is 6.77. The summed E-state index contributed by atoms with van der Waals surface area (Å²) in [4.78, 5) is 1.13. The van der Waals surface area contributed by atoms with E-state index in [1.54, 1.807) is 29.2 Å². The van der Waals surface area contributed by atoms with E-state index in [1.807, 2.05) is 26.2 Å². The number of halogens is 1. The van der Waals surface area contributed by atoms with Crippen molar-refractivity contribution in [3.8, 4) is 33.8 Å². The highest BCUT2D eigenvalue weighted by Gasteiger charge is 2.22. The summed E-state index contributed by atoms with van der Waals surface area (Å²) in [7, 11) is 0. The summed E-state index contributed by atoms with van der Waals surface area (Å²) in [5, 5.41) is 4.21. The van der Waals surface area contributed by atoms with Gasteiger partial charge in [0.05, 0.1) is 0 Å². The maximum absolute atomic E-state index is 13.6. The highest BCUT2D eigenvalue weighted by atomic mass is 32.2. The van der Waals surface area contributed by atoms with E-state index in [0.717, 1.165) is 32.9 Å². The molecule has 0 aliphatic carbocycles. The quantitative estimate of drug-likeness (QED) is 0.341. The second-order valence-corrected chi connectivity index (χ2v) is 6.43. The molecule has 0 radical (unpaired) electrons. The fourth-order valence-electron chi connectivity index (χ4n) is 2.57. The van der Waals surface area contributed by atoms with Crippen LogP contribution in [0.15, 0.2) is 52.1 Å². The van der Waals surface area contributed by atoms with E-state index >= 15 is 0 Å². The molecular weight excluding hydrogens is 327 g/mol. The number of hydrogen-bond donors (Lipinski definition) is 0. The Kier molecular flexibility index (Phi) is 4.74. The number of thioether (sulfide) groups is 1. The van der Waals surface area contributed by atoms with Gasteiger partial charge in [0.1, 0.15) is 17.3 Å². The molecule has 1 aliphatic heterocycles. The van der Waals surface area contributed by atoms with Crippen LogP contribution in [0.1, 0.15) is 13.8 Å². The normalized spacial score (nSPS) is 11.1. The minimum Gasteiger partial charge on any atom is -0.456 e. The standard InChI is InChI=1S/C17H11FOS2.C2H6/c1-20-11-3-5-13-15-9-21-8-14(15)12-4-2-10(18)6-16(12)19-17(13)7-11;1-2/h2-9H,1H3;1-2H3. The van der Waals surface area contributed by atoms with Gasteiger partial charge in [-0.15, -0.1) is 11.8 Å². The Morgan fingerprint density at radius 1 is 0.870 bits per heavy atom. The van der Waals surface area contributed by atoms with E-state index < -0.39 is 0 Å². The molecule has 0 bridgehead atoms.